The molecule has 0 bridgehead atoms. The summed E-state index contributed by atoms with van der Waals surface area (Å²) < 4.78 is 5.41. The van der Waals surface area contributed by atoms with Crippen LogP contribution in [0, 0.1) is 0 Å². The number of para-hydroxylation sites is 1. The number of pyridine rings is 1. The minimum Gasteiger partial charge on any atom is -0.478 e. The molecule has 86 valence electrons. The summed E-state index contributed by atoms with van der Waals surface area (Å²) in [5.41, 5.74) is -0.0490. The van der Waals surface area contributed by atoms with Gasteiger partial charge in [-0.25, -0.2) is 9.78 Å². The molecule has 0 atom stereocenters. The number of carbonyl (C=O) groups is 1. The van der Waals surface area contributed by atoms with E-state index in [9.17, 15) is 4.79 Å². The third kappa shape index (κ3) is 2.73. The molecule has 5 heteroatoms. The van der Waals surface area contributed by atoms with E-state index in [0.29, 0.717) is 5.75 Å². The Kier molecular flexibility index (Phi) is 3.25. The van der Waals surface area contributed by atoms with E-state index in [0.717, 1.165) is 0 Å². The van der Waals surface area contributed by atoms with E-state index in [1.54, 1.807) is 12.1 Å². The predicted octanol–water partition coefficient (Wildman–Crippen LogP) is 3.23. The number of rotatable bonds is 3. The van der Waals surface area contributed by atoms with Gasteiger partial charge in [-0.15, -0.1) is 0 Å². The van der Waals surface area contributed by atoms with Gasteiger partial charge in [-0.05, 0) is 12.1 Å². The van der Waals surface area contributed by atoms with Crippen molar-refractivity contribution in [3.63, 3.8) is 0 Å². The van der Waals surface area contributed by atoms with Crippen LogP contribution in [0.25, 0.3) is 0 Å². The molecule has 0 fully saturated rings. The van der Waals surface area contributed by atoms with Crippen LogP contribution in [0.5, 0.6) is 11.6 Å². The molecule has 0 aliphatic rings. The van der Waals surface area contributed by atoms with Crippen molar-refractivity contribution >= 4 is 17.6 Å². The Labute approximate surface area is 102 Å². The SMILES string of the molecule is O=C(O)c1cnc(Oc2ccccc2)cc1Cl. The van der Waals surface area contributed by atoms with Crippen LogP contribution in [-0.4, -0.2) is 16.1 Å². The van der Waals surface area contributed by atoms with Crippen molar-refractivity contribution in [1.29, 1.82) is 0 Å². The molecule has 17 heavy (non-hydrogen) atoms. The summed E-state index contributed by atoms with van der Waals surface area (Å²) in [5, 5.41) is 8.88. The van der Waals surface area contributed by atoms with Crippen molar-refractivity contribution in [1.82, 2.24) is 4.98 Å². The highest BCUT2D eigenvalue weighted by Crippen LogP contribution is 2.24. The number of aromatic carboxylic acids is 1. The second-order valence-electron chi connectivity index (χ2n) is 3.22. The average molecular weight is 250 g/mol. The van der Waals surface area contributed by atoms with Gasteiger partial charge in [0.25, 0.3) is 0 Å². The third-order valence-corrected chi connectivity index (χ3v) is 2.34. The van der Waals surface area contributed by atoms with E-state index in [2.05, 4.69) is 4.98 Å². The van der Waals surface area contributed by atoms with Crippen LogP contribution in [0.1, 0.15) is 10.4 Å². The summed E-state index contributed by atoms with van der Waals surface area (Å²) in [6.45, 7) is 0. The molecule has 0 amide bonds. The molecule has 1 aromatic carbocycles. The van der Waals surface area contributed by atoms with Crippen molar-refractivity contribution in [2.24, 2.45) is 0 Å². The molecule has 0 radical (unpaired) electrons. The molecule has 1 N–H and O–H groups in total. The molecule has 0 aliphatic heterocycles. The lowest BCUT2D eigenvalue weighted by Crippen LogP contribution is -1.99. The normalized spacial score (nSPS) is 9.94. The molecular formula is C12H8ClNO3. The number of halogens is 1. The molecule has 0 unspecified atom stereocenters. The number of hydrogen-bond acceptors (Lipinski definition) is 3. The van der Waals surface area contributed by atoms with Crippen LogP contribution in [0.4, 0.5) is 0 Å². The van der Waals surface area contributed by atoms with Crippen molar-refractivity contribution in [3.8, 4) is 11.6 Å². The molecule has 4 nitrogen and oxygen atoms in total. The fourth-order valence-electron chi connectivity index (χ4n) is 1.24. The van der Waals surface area contributed by atoms with Gasteiger partial charge in [-0.3, -0.25) is 0 Å². The highest BCUT2D eigenvalue weighted by molar-refractivity contribution is 6.33. The Morgan fingerprint density at radius 1 is 1.29 bits per heavy atom. The van der Waals surface area contributed by atoms with E-state index in [-0.39, 0.29) is 16.5 Å². The maximum Gasteiger partial charge on any atom is 0.338 e. The first-order valence-electron chi connectivity index (χ1n) is 4.78. The molecule has 1 heterocycles. The number of aromatic nitrogens is 1. The van der Waals surface area contributed by atoms with Crippen LogP contribution in [0.2, 0.25) is 5.02 Å². The maximum atomic E-state index is 10.7. The van der Waals surface area contributed by atoms with Crippen LogP contribution in [0.3, 0.4) is 0 Å². The second-order valence-corrected chi connectivity index (χ2v) is 3.63. The first-order valence-corrected chi connectivity index (χ1v) is 5.16. The average Bonchev–Trinajstić information content (AvgIpc) is 2.30. The molecule has 2 aromatic rings. The fourth-order valence-corrected chi connectivity index (χ4v) is 1.46. The highest BCUT2D eigenvalue weighted by Gasteiger charge is 2.10. The summed E-state index contributed by atoms with van der Waals surface area (Å²) in [6.07, 6.45) is 1.17. The van der Waals surface area contributed by atoms with Gasteiger partial charge in [-0.1, -0.05) is 29.8 Å². The van der Waals surface area contributed by atoms with Crippen LogP contribution in [-0.2, 0) is 0 Å². The van der Waals surface area contributed by atoms with Gasteiger partial charge < -0.3 is 9.84 Å². The Balaban J connectivity index is 2.24. The Bertz CT molecular complexity index is 543. The molecular weight excluding hydrogens is 242 g/mol. The molecule has 0 saturated heterocycles. The number of hydrogen-bond donors (Lipinski definition) is 1. The van der Waals surface area contributed by atoms with E-state index in [4.69, 9.17) is 21.4 Å². The van der Waals surface area contributed by atoms with Crippen molar-refractivity contribution < 1.29 is 14.6 Å². The summed E-state index contributed by atoms with van der Waals surface area (Å²) >= 11 is 5.79. The van der Waals surface area contributed by atoms with E-state index < -0.39 is 5.97 Å². The zero-order valence-electron chi connectivity index (χ0n) is 8.63. The summed E-state index contributed by atoms with van der Waals surface area (Å²) in [4.78, 5) is 14.6. The Morgan fingerprint density at radius 2 is 2.00 bits per heavy atom. The largest absolute Gasteiger partial charge is 0.478 e. The lowest BCUT2D eigenvalue weighted by molar-refractivity contribution is 0.0696. The van der Waals surface area contributed by atoms with E-state index >= 15 is 0 Å². The van der Waals surface area contributed by atoms with Crippen LogP contribution < -0.4 is 4.74 Å². The van der Waals surface area contributed by atoms with Crippen molar-refractivity contribution in [2.45, 2.75) is 0 Å². The lowest BCUT2D eigenvalue weighted by atomic mass is 10.3. The predicted molar refractivity (Wildman–Crippen MR) is 62.7 cm³/mol. The van der Waals surface area contributed by atoms with Gasteiger partial charge >= 0.3 is 5.97 Å². The van der Waals surface area contributed by atoms with Gasteiger partial charge in [0.2, 0.25) is 5.88 Å². The maximum absolute atomic E-state index is 10.7. The minimum atomic E-state index is -1.12. The van der Waals surface area contributed by atoms with E-state index in [1.807, 2.05) is 18.2 Å². The quantitative estimate of drug-likeness (QED) is 0.907. The third-order valence-electron chi connectivity index (χ3n) is 2.02. The topological polar surface area (TPSA) is 59.4 Å². The lowest BCUT2D eigenvalue weighted by Gasteiger charge is -2.05. The molecule has 0 spiro atoms. The summed E-state index contributed by atoms with van der Waals surface area (Å²) in [7, 11) is 0. The number of ether oxygens (including phenoxy) is 1. The summed E-state index contributed by atoms with van der Waals surface area (Å²) in [5.74, 6) is -0.251. The summed E-state index contributed by atoms with van der Waals surface area (Å²) in [6, 6.07) is 10.4. The number of carboxylic acid groups (broad SMARTS) is 1. The number of nitrogens with zero attached hydrogens (tertiary/aromatic N) is 1. The zero-order chi connectivity index (χ0) is 12.3. The van der Waals surface area contributed by atoms with Gasteiger partial charge in [-0.2, -0.15) is 0 Å². The van der Waals surface area contributed by atoms with Crippen molar-refractivity contribution in [2.75, 3.05) is 0 Å². The number of carboxylic acids is 1. The molecule has 1 aromatic heterocycles. The molecule has 0 aliphatic carbocycles. The van der Waals surface area contributed by atoms with Crippen molar-refractivity contribution in [3.05, 3.63) is 53.2 Å². The zero-order valence-corrected chi connectivity index (χ0v) is 9.39. The Hall–Kier alpha value is -2.07. The molecule has 0 saturated carbocycles. The van der Waals surface area contributed by atoms with Crippen LogP contribution in [0.15, 0.2) is 42.6 Å². The fraction of sp³-hybridized carbons (Fsp3) is 0. The number of benzene rings is 1. The van der Waals surface area contributed by atoms with Gasteiger partial charge in [0.15, 0.2) is 0 Å². The smallest absolute Gasteiger partial charge is 0.338 e. The van der Waals surface area contributed by atoms with E-state index in [1.165, 1.54) is 12.3 Å². The second kappa shape index (κ2) is 4.84. The molecule has 2 rings (SSSR count). The highest BCUT2D eigenvalue weighted by atomic mass is 35.5. The van der Waals surface area contributed by atoms with Crippen LogP contribution >= 0.6 is 11.6 Å². The first-order chi connectivity index (χ1) is 8.16. The first kappa shape index (κ1) is 11.4. The van der Waals surface area contributed by atoms with Gasteiger partial charge in [0, 0.05) is 12.3 Å². The Morgan fingerprint density at radius 3 is 2.59 bits per heavy atom. The van der Waals surface area contributed by atoms with Gasteiger partial charge in [0.1, 0.15) is 5.75 Å². The standard InChI is InChI=1S/C12H8ClNO3/c13-10-6-11(14-7-9(10)12(15)16)17-8-4-2-1-3-5-8/h1-7H,(H,15,16). The van der Waals surface area contributed by atoms with Gasteiger partial charge in [0.05, 0.1) is 10.6 Å². The minimum absolute atomic E-state index is 0.0490. The monoisotopic (exact) mass is 249 g/mol.